The van der Waals surface area contributed by atoms with Crippen LogP contribution in [0.1, 0.15) is 65.7 Å². The number of nitrogens with one attached hydrogen (secondary N) is 1. The summed E-state index contributed by atoms with van der Waals surface area (Å²) in [5.41, 5.74) is 0. The van der Waals surface area contributed by atoms with Gasteiger partial charge in [0, 0.05) is 12.5 Å². The third kappa shape index (κ3) is 7.40. The van der Waals surface area contributed by atoms with Crippen LogP contribution < -0.4 is 5.32 Å². The summed E-state index contributed by atoms with van der Waals surface area (Å²) >= 11 is 0. The summed E-state index contributed by atoms with van der Waals surface area (Å²) in [4.78, 5) is 11.7. The molecule has 2 heteroatoms. The van der Waals surface area contributed by atoms with Gasteiger partial charge in [-0.3, -0.25) is 4.79 Å². The minimum absolute atomic E-state index is 0.237. The van der Waals surface area contributed by atoms with Crippen LogP contribution in [0.5, 0.6) is 0 Å². The predicted molar refractivity (Wildman–Crippen MR) is 65.8 cm³/mol. The third-order valence-electron chi connectivity index (χ3n) is 2.83. The Kier molecular flexibility index (Phi) is 9.65. The lowest BCUT2D eigenvalue weighted by molar-refractivity contribution is -0.125. The molecule has 0 spiro atoms. The molecule has 0 saturated heterocycles. The average molecular weight is 213 g/mol. The first-order chi connectivity index (χ1) is 7.26. The van der Waals surface area contributed by atoms with E-state index in [4.69, 9.17) is 0 Å². The van der Waals surface area contributed by atoms with Gasteiger partial charge in [-0.2, -0.15) is 0 Å². The smallest absolute Gasteiger partial charge is 0.223 e. The van der Waals surface area contributed by atoms with Crippen LogP contribution in [0.15, 0.2) is 0 Å². The number of unbranched alkanes of at least 4 members (excludes halogenated alkanes) is 3. The number of amides is 1. The van der Waals surface area contributed by atoms with Crippen molar-refractivity contribution in [2.75, 3.05) is 6.54 Å². The molecule has 1 atom stereocenters. The van der Waals surface area contributed by atoms with Crippen LogP contribution in [0.25, 0.3) is 0 Å². The largest absolute Gasteiger partial charge is 0.356 e. The topological polar surface area (TPSA) is 29.1 Å². The Morgan fingerprint density at radius 1 is 1.07 bits per heavy atom. The van der Waals surface area contributed by atoms with Gasteiger partial charge in [-0.15, -0.1) is 0 Å². The normalized spacial score (nSPS) is 12.5. The van der Waals surface area contributed by atoms with Crippen LogP contribution >= 0.6 is 0 Å². The molecule has 0 rings (SSSR count). The first kappa shape index (κ1) is 14.5. The van der Waals surface area contributed by atoms with Crippen LogP contribution in [0, 0.1) is 5.92 Å². The Morgan fingerprint density at radius 2 is 1.80 bits per heavy atom. The van der Waals surface area contributed by atoms with Crippen LogP contribution in [0.4, 0.5) is 0 Å². The average Bonchev–Trinajstić information content (AvgIpc) is 2.25. The fourth-order valence-electron chi connectivity index (χ4n) is 1.78. The Bertz CT molecular complexity index is 157. The quantitative estimate of drug-likeness (QED) is 0.583. The van der Waals surface area contributed by atoms with Gasteiger partial charge in [-0.25, -0.2) is 0 Å². The summed E-state index contributed by atoms with van der Waals surface area (Å²) in [6.07, 6.45) is 7.99. The first-order valence-corrected chi connectivity index (χ1v) is 6.53. The minimum Gasteiger partial charge on any atom is -0.356 e. The van der Waals surface area contributed by atoms with Crippen LogP contribution in [0.3, 0.4) is 0 Å². The van der Waals surface area contributed by atoms with Crippen LogP contribution in [0.2, 0.25) is 0 Å². The van der Waals surface area contributed by atoms with E-state index in [0.717, 1.165) is 32.2 Å². The Balaban J connectivity index is 3.53. The molecule has 0 fully saturated rings. The van der Waals surface area contributed by atoms with Gasteiger partial charge >= 0.3 is 0 Å². The molecule has 0 aromatic heterocycles. The number of hydrogen-bond donors (Lipinski definition) is 1. The second kappa shape index (κ2) is 10.0. The van der Waals surface area contributed by atoms with Crippen LogP contribution in [-0.4, -0.2) is 12.5 Å². The molecule has 0 aromatic carbocycles. The van der Waals surface area contributed by atoms with E-state index in [0.29, 0.717) is 0 Å². The van der Waals surface area contributed by atoms with Gasteiger partial charge in [0.25, 0.3) is 0 Å². The van der Waals surface area contributed by atoms with Crippen molar-refractivity contribution in [1.82, 2.24) is 5.32 Å². The molecule has 0 aliphatic heterocycles. The Hall–Kier alpha value is -0.530. The van der Waals surface area contributed by atoms with Gasteiger partial charge in [0.05, 0.1) is 0 Å². The van der Waals surface area contributed by atoms with E-state index in [9.17, 15) is 4.79 Å². The molecule has 0 heterocycles. The molecular formula is C13H27NO. The van der Waals surface area contributed by atoms with E-state index in [1.807, 2.05) is 0 Å². The van der Waals surface area contributed by atoms with E-state index in [2.05, 4.69) is 26.1 Å². The lowest BCUT2D eigenvalue weighted by atomic mass is 10.00. The zero-order chi connectivity index (χ0) is 11.5. The van der Waals surface area contributed by atoms with E-state index < -0.39 is 0 Å². The van der Waals surface area contributed by atoms with Crippen molar-refractivity contribution >= 4 is 5.91 Å². The molecule has 0 aliphatic carbocycles. The highest BCUT2D eigenvalue weighted by Gasteiger charge is 2.13. The van der Waals surface area contributed by atoms with E-state index in [-0.39, 0.29) is 11.8 Å². The maximum Gasteiger partial charge on any atom is 0.223 e. The van der Waals surface area contributed by atoms with Gasteiger partial charge in [0.15, 0.2) is 0 Å². The summed E-state index contributed by atoms with van der Waals surface area (Å²) in [7, 11) is 0. The predicted octanol–water partition coefficient (Wildman–Crippen LogP) is 3.51. The van der Waals surface area contributed by atoms with Gasteiger partial charge in [0.2, 0.25) is 5.91 Å². The molecule has 2 nitrogen and oxygen atoms in total. The lowest BCUT2D eigenvalue weighted by Gasteiger charge is -2.13. The fourth-order valence-corrected chi connectivity index (χ4v) is 1.78. The zero-order valence-electron chi connectivity index (χ0n) is 10.6. The van der Waals surface area contributed by atoms with E-state index in [1.165, 1.54) is 19.3 Å². The maximum absolute atomic E-state index is 11.7. The highest BCUT2D eigenvalue weighted by molar-refractivity contribution is 5.78. The van der Waals surface area contributed by atoms with E-state index in [1.54, 1.807) is 0 Å². The first-order valence-electron chi connectivity index (χ1n) is 6.53. The molecule has 0 radical (unpaired) electrons. The molecular weight excluding hydrogens is 186 g/mol. The van der Waals surface area contributed by atoms with Gasteiger partial charge in [-0.05, 0) is 19.3 Å². The molecule has 1 amide bonds. The standard InChI is InChI=1S/C13H27NO/c1-4-7-8-9-11-14-13(15)12(6-3)10-5-2/h12H,4-11H2,1-3H3,(H,14,15). The highest BCUT2D eigenvalue weighted by atomic mass is 16.1. The van der Waals surface area contributed by atoms with Crippen molar-refractivity contribution in [3.8, 4) is 0 Å². The molecule has 0 saturated carbocycles. The van der Waals surface area contributed by atoms with Crippen molar-refractivity contribution in [2.24, 2.45) is 5.92 Å². The molecule has 1 unspecified atom stereocenters. The van der Waals surface area contributed by atoms with Crippen molar-refractivity contribution < 1.29 is 4.79 Å². The number of rotatable bonds is 9. The second-order valence-corrected chi connectivity index (χ2v) is 4.25. The van der Waals surface area contributed by atoms with Gasteiger partial charge in [0.1, 0.15) is 0 Å². The molecule has 90 valence electrons. The summed E-state index contributed by atoms with van der Waals surface area (Å²) in [5.74, 6) is 0.497. The summed E-state index contributed by atoms with van der Waals surface area (Å²) in [6, 6.07) is 0. The van der Waals surface area contributed by atoms with Gasteiger partial charge in [-0.1, -0.05) is 46.5 Å². The van der Waals surface area contributed by atoms with Gasteiger partial charge < -0.3 is 5.32 Å². The highest BCUT2D eigenvalue weighted by Crippen LogP contribution is 2.10. The maximum atomic E-state index is 11.7. The summed E-state index contributed by atoms with van der Waals surface area (Å²) < 4.78 is 0. The fraction of sp³-hybridized carbons (Fsp3) is 0.923. The van der Waals surface area contributed by atoms with Crippen molar-refractivity contribution in [3.63, 3.8) is 0 Å². The lowest BCUT2D eigenvalue weighted by Crippen LogP contribution is -2.31. The monoisotopic (exact) mass is 213 g/mol. The molecule has 1 N–H and O–H groups in total. The molecule has 15 heavy (non-hydrogen) atoms. The minimum atomic E-state index is 0.237. The third-order valence-corrected chi connectivity index (χ3v) is 2.83. The SMILES string of the molecule is CCCCCCNC(=O)C(CC)CCC. The number of carbonyl (C=O) groups excluding carboxylic acids is 1. The molecule has 0 bridgehead atoms. The summed E-state index contributed by atoms with van der Waals surface area (Å²) in [6.45, 7) is 7.29. The van der Waals surface area contributed by atoms with E-state index >= 15 is 0 Å². The van der Waals surface area contributed by atoms with Crippen molar-refractivity contribution in [2.45, 2.75) is 65.7 Å². The molecule has 0 aromatic rings. The van der Waals surface area contributed by atoms with Crippen LogP contribution in [-0.2, 0) is 4.79 Å². The number of carbonyl (C=O) groups is 1. The second-order valence-electron chi connectivity index (χ2n) is 4.25. The van der Waals surface area contributed by atoms with Crippen molar-refractivity contribution in [1.29, 1.82) is 0 Å². The Labute approximate surface area is 94.8 Å². The number of hydrogen-bond acceptors (Lipinski definition) is 1. The zero-order valence-corrected chi connectivity index (χ0v) is 10.6. The Morgan fingerprint density at radius 3 is 2.33 bits per heavy atom. The summed E-state index contributed by atoms with van der Waals surface area (Å²) in [5, 5.41) is 3.04. The molecule has 0 aliphatic rings. The van der Waals surface area contributed by atoms with Crippen molar-refractivity contribution in [3.05, 3.63) is 0 Å².